The number of phenols is 3. The molecular weight excluding hydrogens is 552 g/mol. The number of methoxy groups -OCH3 is 3. The highest BCUT2D eigenvalue weighted by atomic mass is 79.9. The minimum Gasteiger partial charge on any atom is -0.508 e. The highest BCUT2D eigenvalue weighted by molar-refractivity contribution is 9.10. The van der Waals surface area contributed by atoms with Crippen LogP contribution in [0.4, 0.5) is 0 Å². The predicted octanol–water partition coefficient (Wildman–Crippen LogP) is 6.59. The number of aryl methyl sites for hydroxylation is 1. The van der Waals surface area contributed by atoms with E-state index in [2.05, 4.69) is 15.9 Å². The summed E-state index contributed by atoms with van der Waals surface area (Å²) in [7, 11) is 4.52. The average molecular weight is 579 g/mol. The summed E-state index contributed by atoms with van der Waals surface area (Å²) in [6, 6.07) is 9.83. The van der Waals surface area contributed by atoms with Crippen molar-refractivity contribution in [3.05, 3.63) is 68.7 Å². The van der Waals surface area contributed by atoms with Crippen LogP contribution >= 0.6 is 15.9 Å². The molecule has 0 saturated carbocycles. The van der Waals surface area contributed by atoms with Gasteiger partial charge in [-0.1, -0.05) is 13.8 Å². The number of hydrogen-bond donors (Lipinski definition) is 3. The third-order valence-corrected chi connectivity index (χ3v) is 8.15. The minimum atomic E-state index is -0.741. The number of hydrogen-bond acceptors (Lipinski definition) is 7. The van der Waals surface area contributed by atoms with Crippen molar-refractivity contribution in [2.75, 3.05) is 21.3 Å². The molecule has 0 heterocycles. The highest BCUT2D eigenvalue weighted by Crippen LogP contribution is 2.54. The van der Waals surface area contributed by atoms with E-state index in [0.717, 1.165) is 0 Å². The Morgan fingerprint density at radius 2 is 1.50 bits per heavy atom. The summed E-state index contributed by atoms with van der Waals surface area (Å²) in [5.74, 6) is 0.534. The van der Waals surface area contributed by atoms with Crippen LogP contribution < -0.4 is 14.2 Å². The molecule has 0 aliphatic heterocycles. The van der Waals surface area contributed by atoms with Gasteiger partial charge < -0.3 is 29.5 Å². The molecular formula is C30H27BrO7. The predicted molar refractivity (Wildman–Crippen MR) is 148 cm³/mol. The van der Waals surface area contributed by atoms with Crippen LogP contribution in [-0.2, 0) is 5.41 Å². The Bertz CT molecular complexity index is 1650. The first-order valence-electron chi connectivity index (χ1n) is 11.9. The van der Waals surface area contributed by atoms with Crippen LogP contribution in [0.3, 0.4) is 0 Å². The number of phenolic OH excluding ortho intramolecular Hbond substituents is 3. The lowest BCUT2D eigenvalue weighted by molar-refractivity contribution is 0.102. The smallest absolute Gasteiger partial charge is 0.201 e. The first-order chi connectivity index (χ1) is 18.0. The Morgan fingerprint density at radius 1 is 0.816 bits per heavy atom. The van der Waals surface area contributed by atoms with E-state index in [1.54, 1.807) is 19.1 Å². The summed E-state index contributed by atoms with van der Waals surface area (Å²) in [5.41, 5.74) is 2.48. The van der Waals surface area contributed by atoms with E-state index in [0.29, 0.717) is 65.9 Å². The van der Waals surface area contributed by atoms with E-state index in [1.807, 2.05) is 19.9 Å². The van der Waals surface area contributed by atoms with Gasteiger partial charge in [-0.05, 0) is 75.3 Å². The zero-order chi connectivity index (χ0) is 27.7. The molecule has 0 bridgehead atoms. The lowest BCUT2D eigenvalue weighted by atomic mass is 9.67. The maximum absolute atomic E-state index is 14.1. The molecule has 0 spiro atoms. The van der Waals surface area contributed by atoms with Gasteiger partial charge >= 0.3 is 0 Å². The molecule has 1 aliphatic carbocycles. The van der Waals surface area contributed by atoms with Crippen molar-refractivity contribution in [2.24, 2.45) is 0 Å². The summed E-state index contributed by atoms with van der Waals surface area (Å²) in [6.07, 6.45) is 0. The van der Waals surface area contributed by atoms with Gasteiger partial charge in [0.25, 0.3) is 0 Å². The van der Waals surface area contributed by atoms with Gasteiger partial charge in [0.2, 0.25) is 5.78 Å². The van der Waals surface area contributed by atoms with Gasteiger partial charge in [-0.25, -0.2) is 0 Å². The fourth-order valence-corrected chi connectivity index (χ4v) is 6.21. The summed E-state index contributed by atoms with van der Waals surface area (Å²) in [4.78, 5) is 14.1. The van der Waals surface area contributed by atoms with E-state index in [-0.39, 0.29) is 22.8 Å². The van der Waals surface area contributed by atoms with Gasteiger partial charge in [0.05, 0.1) is 32.5 Å². The molecule has 3 N–H and O–H groups in total. The third-order valence-electron chi connectivity index (χ3n) is 7.40. The minimum absolute atomic E-state index is 0.0471. The van der Waals surface area contributed by atoms with Gasteiger partial charge in [-0.15, -0.1) is 0 Å². The first kappa shape index (κ1) is 25.7. The Kier molecular flexibility index (Phi) is 5.98. The molecule has 0 fully saturated rings. The fraction of sp³-hybridized carbons (Fsp3) is 0.233. The van der Waals surface area contributed by atoms with Crippen LogP contribution in [0.15, 0.2) is 40.9 Å². The molecule has 0 amide bonds. The summed E-state index contributed by atoms with van der Waals surface area (Å²) >= 11 is 3.49. The topological polar surface area (TPSA) is 105 Å². The highest BCUT2D eigenvalue weighted by Gasteiger charge is 2.42. The zero-order valence-corrected chi connectivity index (χ0v) is 23.4. The Balaban J connectivity index is 1.90. The van der Waals surface area contributed by atoms with Crippen molar-refractivity contribution in [1.82, 2.24) is 0 Å². The molecule has 38 heavy (non-hydrogen) atoms. The second kappa shape index (κ2) is 8.84. The van der Waals surface area contributed by atoms with Crippen molar-refractivity contribution >= 4 is 32.5 Å². The molecule has 196 valence electrons. The van der Waals surface area contributed by atoms with Gasteiger partial charge in [0, 0.05) is 28.0 Å². The van der Waals surface area contributed by atoms with Crippen molar-refractivity contribution in [3.8, 4) is 45.6 Å². The van der Waals surface area contributed by atoms with Crippen molar-refractivity contribution < 1.29 is 34.3 Å². The van der Waals surface area contributed by atoms with Crippen LogP contribution in [0.25, 0.3) is 21.9 Å². The Hall–Kier alpha value is -3.91. The molecule has 1 aliphatic rings. The normalized spacial score (nSPS) is 13.7. The maximum Gasteiger partial charge on any atom is 0.201 e. The number of fused-ring (bicyclic) bond motifs is 3. The van der Waals surface area contributed by atoms with Gasteiger partial charge in [0.1, 0.15) is 39.0 Å². The lowest BCUT2D eigenvalue weighted by Gasteiger charge is -2.36. The molecule has 0 radical (unpaired) electrons. The Morgan fingerprint density at radius 3 is 2.11 bits per heavy atom. The lowest BCUT2D eigenvalue weighted by Crippen LogP contribution is -2.31. The molecule has 7 nitrogen and oxygen atoms in total. The molecule has 4 aromatic rings. The van der Waals surface area contributed by atoms with E-state index in [9.17, 15) is 20.1 Å². The van der Waals surface area contributed by atoms with Crippen LogP contribution in [0.2, 0.25) is 0 Å². The van der Waals surface area contributed by atoms with Gasteiger partial charge in [0.15, 0.2) is 0 Å². The number of carbonyl (C=O) groups excluding carboxylic acids is 1. The van der Waals surface area contributed by atoms with E-state index in [4.69, 9.17) is 14.2 Å². The van der Waals surface area contributed by atoms with Crippen molar-refractivity contribution in [1.29, 1.82) is 0 Å². The fourth-order valence-electron chi connectivity index (χ4n) is 5.57. The number of halogens is 1. The van der Waals surface area contributed by atoms with Gasteiger partial charge in [-0.2, -0.15) is 0 Å². The summed E-state index contributed by atoms with van der Waals surface area (Å²) in [6.45, 7) is 5.71. The SMILES string of the molecule is COc1cc(C)c(-c2cc(O)cc3cc4c(c(O)c23)C(=O)c2c(cc(OC)c(Br)c2OC)C4(C)C)c(O)c1. The summed E-state index contributed by atoms with van der Waals surface area (Å²) in [5, 5.41) is 34.2. The molecule has 0 unspecified atom stereocenters. The van der Waals surface area contributed by atoms with Crippen molar-refractivity contribution in [3.63, 3.8) is 0 Å². The Labute approximate surface area is 228 Å². The summed E-state index contributed by atoms with van der Waals surface area (Å²) < 4.78 is 16.9. The second-order valence-electron chi connectivity index (χ2n) is 9.88. The van der Waals surface area contributed by atoms with Crippen LogP contribution in [-0.4, -0.2) is 42.4 Å². The monoisotopic (exact) mass is 578 g/mol. The van der Waals surface area contributed by atoms with Crippen LogP contribution in [0, 0.1) is 6.92 Å². The van der Waals surface area contributed by atoms with Crippen molar-refractivity contribution in [2.45, 2.75) is 26.2 Å². The number of ether oxygens (including phenoxy) is 3. The number of ketones is 1. The number of rotatable bonds is 4. The largest absolute Gasteiger partial charge is 0.508 e. The van der Waals surface area contributed by atoms with E-state index >= 15 is 0 Å². The zero-order valence-electron chi connectivity index (χ0n) is 21.8. The van der Waals surface area contributed by atoms with E-state index in [1.165, 1.54) is 39.5 Å². The molecule has 0 aromatic heterocycles. The second-order valence-corrected chi connectivity index (χ2v) is 10.7. The molecule has 8 heteroatoms. The maximum atomic E-state index is 14.1. The molecule has 4 aromatic carbocycles. The molecule has 0 atom stereocenters. The average Bonchev–Trinajstić information content (AvgIpc) is 2.86. The molecule has 5 rings (SSSR count). The van der Waals surface area contributed by atoms with Gasteiger partial charge in [-0.3, -0.25) is 4.79 Å². The number of benzene rings is 4. The standard InChI is InChI=1S/C30H27BrO7/c1-13-7-16(36-4)11-20(33)22(13)17-10-15(32)8-14-9-18-24(27(34)23(14)17)28(35)25-19(30(18,2)3)12-21(37-5)26(31)29(25)38-6/h7-12,32-34H,1-6H3. The number of carbonyl (C=O) groups is 1. The van der Waals surface area contributed by atoms with E-state index < -0.39 is 11.2 Å². The quantitative estimate of drug-likeness (QED) is 0.251. The van der Waals surface area contributed by atoms with Crippen LogP contribution in [0.1, 0.15) is 46.5 Å². The van der Waals surface area contributed by atoms with Crippen LogP contribution in [0.5, 0.6) is 34.5 Å². The first-order valence-corrected chi connectivity index (χ1v) is 12.7. The third kappa shape index (κ3) is 3.50. The number of aromatic hydroxyl groups is 3. The molecule has 0 saturated heterocycles.